The van der Waals surface area contributed by atoms with Gasteiger partial charge in [0.2, 0.25) is 0 Å². The van der Waals surface area contributed by atoms with Gasteiger partial charge < -0.3 is 22.5 Å². The Balaban J connectivity index is 3.43. The van der Waals surface area contributed by atoms with Crippen LogP contribution in [0.4, 0.5) is 11.6 Å². The minimum Gasteiger partial charge on any atom is -0.382 e. The molecule has 1 heterocycles. The fraction of sp³-hybridized carbons (Fsp3) is 0.273. The highest BCUT2D eigenvalue weighted by atomic mass is 16.1. The number of aromatic nitrogens is 2. The molecule has 0 fully saturated rings. The van der Waals surface area contributed by atoms with Crippen LogP contribution < -0.4 is 22.5 Å². The van der Waals surface area contributed by atoms with Crippen molar-refractivity contribution in [3.63, 3.8) is 0 Å². The molecule has 0 aliphatic carbocycles. The van der Waals surface area contributed by atoms with Crippen molar-refractivity contribution in [1.82, 2.24) is 9.97 Å². The molecule has 0 saturated heterocycles. The minimum absolute atomic E-state index is 0.0352. The number of hydrogen-bond donors (Lipinski definition) is 4. The second-order valence-electron chi connectivity index (χ2n) is 3.72. The van der Waals surface area contributed by atoms with Crippen molar-refractivity contribution >= 4 is 29.1 Å². The number of nitrogen functional groups attached to an aromatic ring is 1. The summed E-state index contributed by atoms with van der Waals surface area (Å²) < 4.78 is 0. The molecule has 0 aliphatic rings. The highest BCUT2D eigenvalue weighted by molar-refractivity contribution is 6.03. The first-order valence-electron chi connectivity index (χ1n) is 5.53. The number of anilines is 2. The van der Waals surface area contributed by atoms with Gasteiger partial charge in [0.1, 0.15) is 5.69 Å². The van der Waals surface area contributed by atoms with Gasteiger partial charge >= 0.3 is 5.91 Å². The van der Waals surface area contributed by atoms with Crippen molar-refractivity contribution in [3.05, 3.63) is 17.5 Å². The molecule has 19 heavy (non-hydrogen) atoms. The zero-order valence-electron chi connectivity index (χ0n) is 11.1. The molecule has 0 spiro atoms. The molecule has 0 radical (unpaired) electrons. The number of carbonyl (C=O) groups is 1. The smallest absolute Gasteiger partial charge is 0.302 e. The molecule has 102 valence electrons. The van der Waals surface area contributed by atoms with Crippen LogP contribution in [0.2, 0.25) is 0 Å². The largest absolute Gasteiger partial charge is 0.382 e. The maximum Gasteiger partial charge on any atom is 0.302 e. The van der Waals surface area contributed by atoms with Crippen LogP contribution in [0.3, 0.4) is 0 Å². The Morgan fingerprint density at radius 1 is 1.32 bits per heavy atom. The molecule has 0 saturated carbocycles. The minimum atomic E-state index is -0.724. The van der Waals surface area contributed by atoms with E-state index in [2.05, 4.69) is 20.3 Å². The fourth-order valence-corrected chi connectivity index (χ4v) is 1.36. The summed E-state index contributed by atoms with van der Waals surface area (Å²) in [6.45, 7) is 3.69. The lowest BCUT2D eigenvalue weighted by molar-refractivity contribution is 0.0998. The van der Waals surface area contributed by atoms with Crippen LogP contribution in [0.25, 0.3) is 5.57 Å². The lowest BCUT2D eigenvalue weighted by Gasteiger charge is -2.10. The number of nitrogens with two attached hydrogens (primary N) is 3. The maximum absolute atomic E-state index is 11.8. The lowest BCUT2D eigenvalue weighted by atomic mass is 10.2. The van der Waals surface area contributed by atoms with E-state index in [0.717, 1.165) is 5.57 Å². The van der Waals surface area contributed by atoms with Gasteiger partial charge in [0.05, 0.1) is 0 Å². The van der Waals surface area contributed by atoms with E-state index in [1.54, 1.807) is 7.05 Å². The summed E-state index contributed by atoms with van der Waals surface area (Å²) in [5.41, 5.74) is 17.3. The quantitative estimate of drug-likeness (QED) is 0.441. The van der Waals surface area contributed by atoms with Gasteiger partial charge in [-0.1, -0.05) is 6.08 Å². The van der Waals surface area contributed by atoms with Gasteiger partial charge in [-0.3, -0.25) is 4.79 Å². The Morgan fingerprint density at radius 2 is 1.95 bits per heavy atom. The number of amides is 1. The topological polar surface area (TPSA) is 145 Å². The molecule has 0 atom stereocenters. The average molecular weight is 263 g/mol. The van der Waals surface area contributed by atoms with E-state index in [0.29, 0.717) is 11.5 Å². The molecule has 1 aromatic rings. The van der Waals surface area contributed by atoms with Gasteiger partial charge in [-0.15, -0.1) is 0 Å². The standard InChI is InChI=1S/C11H17N7O/c1-4-5(2)6-9(15-3)17-8(12)7(16-6)10(19)18-11(13)14/h4H,1-3H3,(H3,12,15,17)(H4,13,14,18,19)/b5-4+. The van der Waals surface area contributed by atoms with E-state index in [1.807, 2.05) is 19.9 Å². The number of allylic oxidation sites excluding steroid dienone is 2. The molecule has 1 amide bonds. The van der Waals surface area contributed by atoms with Crippen LogP contribution in [0.5, 0.6) is 0 Å². The van der Waals surface area contributed by atoms with Crippen LogP contribution >= 0.6 is 0 Å². The lowest BCUT2D eigenvalue weighted by Crippen LogP contribution is -2.25. The number of aliphatic imine (C=N–C) groups is 1. The van der Waals surface area contributed by atoms with Gasteiger partial charge in [0, 0.05) is 7.05 Å². The molecule has 1 rings (SSSR count). The monoisotopic (exact) mass is 263 g/mol. The number of carbonyl (C=O) groups excluding carboxylic acids is 1. The Kier molecular flexibility index (Phi) is 4.41. The van der Waals surface area contributed by atoms with Gasteiger partial charge in [-0.05, 0) is 19.4 Å². The summed E-state index contributed by atoms with van der Waals surface area (Å²) in [5.74, 6) is -0.632. The molecular formula is C11H17N7O. The zero-order valence-corrected chi connectivity index (χ0v) is 11.1. The predicted molar refractivity (Wildman–Crippen MR) is 75.5 cm³/mol. The number of hydrogen-bond acceptors (Lipinski definition) is 5. The van der Waals surface area contributed by atoms with Crippen LogP contribution in [-0.4, -0.2) is 28.9 Å². The molecule has 1 aromatic heterocycles. The second-order valence-corrected chi connectivity index (χ2v) is 3.72. The van der Waals surface area contributed by atoms with E-state index in [1.165, 1.54) is 0 Å². The van der Waals surface area contributed by atoms with Gasteiger partial charge in [-0.25, -0.2) is 9.97 Å². The van der Waals surface area contributed by atoms with Crippen molar-refractivity contribution in [3.8, 4) is 0 Å². The van der Waals surface area contributed by atoms with Gasteiger partial charge in [0.15, 0.2) is 23.3 Å². The third kappa shape index (κ3) is 3.18. The van der Waals surface area contributed by atoms with Gasteiger partial charge in [-0.2, -0.15) is 4.99 Å². The first-order chi connectivity index (χ1) is 8.90. The zero-order chi connectivity index (χ0) is 14.6. The highest BCUT2D eigenvalue weighted by Gasteiger charge is 2.17. The molecule has 7 N–H and O–H groups in total. The molecule has 0 aromatic carbocycles. The number of nitrogens with zero attached hydrogens (tertiary/aromatic N) is 3. The van der Waals surface area contributed by atoms with E-state index in [-0.39, 0.29) is 17.5 Å². The molecule has 8 heteroatoms. The summed E-state index contributed by atoms with van der Waals surface area (Å²) in [7, 11) is 1.69. The Hall–Kier alpha value is -2.64. The van der Waals surface area contributed by atoms with Crippen LogP contribution in [0.15, 0.2) is 11.1 Å². The predicted octanol–water partition coefficient (Wildman–Crippen LogP) is -0.0627. The second kappa shape index (κ2) is 5.80. The number of rotatable bonds is 3. The van der Waals surface area contributed by atoms with Crippen molar-refractivity contribution < 1.29 is 4.79 Å². The fourth-order valence-electron chi connectivity index (χ4n) is 1.36. The SMILES string of the molecule is C/C=C(\C)c1nc(C(=O)N=C(N)N)c(N)nc1NC. The summed E-state index contributed by atoms with van der Waals surface area (Å²) in [4.78, 5) is 23.4. The Labute approximate surface area is 110 Å². The first kappa shape index (κ1) is 14.4. The molecular weight excluding hydrogens is 246 g/mol. The van der Waals surface area contributed by atoms with Crippen LogP contribution in [0, 0.1) is 0 Å². The molecule has 0 unspecified atom stereocenters. The third-order valence-electron chi connectivity index (χ3n) is 2.40. The summed E-state index contributed by atoms with van der Waals surface area (Å²) in [6.07, 6.45) is 1.84. The van der Waals surface area contributed by atoms with Crippen molar-refractivity contribution in [2.45, 2.75) is 13.8 Å². The van der Waals surface area contributed by atoms with Crippen LogP contribution in [-0.2, 0) is 0 Å². The first-order valence-corrected chi connectivity index (χ1v) is 5.53. The van der Waals surface area contributed by atoms with Crippen molar-refractivity contribution in [2.24, 2.45) is 16.5 Å². The normalized spacial score (nSPS) is 11.0. The van der Waals surface area contributed by atoms with Crippen molar-refractivity contribution in [1.29, 1.82) is 0 Å². The van der Waals surface area contributed by atoms with E-state index in [4.69, 9.17) is 17.2 Å². The molecule has 8 nitrogen and oxygen atoms in total. The van der Waals surface area contributed by atoms with E-state index in [9.17, 15) is 4.79 Å². The van der Waals surface area contributed by atoms with Crippen molar-refractivity contribution in [2.75, 3.05) is 18.1 Å². The molecule has 0 aliphatic heterocycles. The van der Waals surface area contributed by atoms with Gasteiger partial charge in [0.25, 0.3) is 0 Å². The van der Waals surface area contributed by atoms with E-state index >= 15 is 0 Å². The summed E-state index contributed by atoms with van der Waals surface area (Å²) in [6, 6.07) is 0. The molecule has 0 bridgehead atoms. The Morgan fingerprint density at radius 3 is 2.42 bits per heavy atom. The highest BCUT2D eigenvalue weighted by Crippen LogP contribution is 2.22. The number of nitrogens with one attached hydrogen (secondary N) is 1. The maximum atomic E-state index is 11.8. The average Bonchev–Trinajstić information content (AvgIpc) is 2.36. The third-order valence-corrected chi connectivity index (χ3v) is 2.40. The summed E-state index contributed by atoms with van der Waals surface area (Å²) in [5, 5.41) is 2.87. The Bertz CT molecular complexity index is 558. The van der Waals surface area contributed by atoms with E-state index < -0.39 is 5.91 Å². The van der Waals surface area contributed by atoms with Crippen LogP contribution in [0.1, 0.15) is 30.0 Å². The summed E-state index contributed by atoms with van der Waals surface area (Å²) >= 11 is 0. The number of guanidine groups is 1.